The second-order valence-electron chi connectivity index (χ2n) is 5.13. The number of esters is 1. The van der Waals surface area contributed by atoms with Crippen LogP contribution in [0, 0.1) is 0 Å². The Morgan fingerprint density at radius 1 is 1.00 bits per heavy atom. The van der Waals surface area contributed by atoms with Gasteiger partial charge in [0.2, 0.25) is 5.91 Å². The molecule has 0 radical (unpaired) electrons. The summed E-state index contributed by atoms with van der Waals surface area (Å²) < 4.78 is 4.62. The number of nitrogens with one attached hydrogen (secondary N) is 2. The highest BCUT2D eigenvalue weighted by molar-refractivity contribution is 6.33. The van der Waals surface area contributed by atoms with E-state index in [9.17, 15) is 14.4 Å². The van der Waals surface area contributed by atoms with Crippen LogP contribution in [0.2, 0.25) is 5.02 Å². The molecule has 0 spiro atoms. The van der Waals surface area contributed by atoms with Crippen molar-refractivity contribution in [3.63, 3.8) is 0 Å². The standard InChI is InChI=1S/C18H17ClN2O4/c1-25-18(24)13-8-6-12(7-9-13)10-20-16(22)11-21-17(23)14-4-2-3-5-15(14)19/h2-9H,10-11H2,1H3,(H,20,22)(H,21,23). The zero-order valence-electron chi connectivity index (χ0n) is 13.5. The van der Waals surface area contributed by atoms with Gasteiger partial charge in [0.15, 0.2) is 0 Å². The van der Waals surface area contributed by atoms with E-state index in [1.54, 1.807) is 48.5 Å². The number of hydrogen-bond donors (Lipinski definition) is 2. The van der Waals surface area contributed by atoms with Crippen LogP contribution in [-0.4, -0.2) is 31.4 Å². The first-order valence-electron chi connectivity index (χ1n) is 7.48. The Morgan fingerprint density at radius 3 is 2.32 bits per heavy atom. The van der Waals surface area contributed by atoms with Gasteiger partial charge in [-0.15, -0.1) is 0 Å². The third kappa shape index (κ3) is 5.32. The predicted octanol–water partition coefficient (Wildman–Crippen LogP) is 2.17. The van der Waals surface area contributed by atoms with Gasteiger partial charge >= 0.3 is 5.97 Å². The summed E-state index contributed by atoms with van der Waals surface area (Å²) in [5.74, 6) is -1.17. The van der Waals surface area contributed by atoms with Crippen LogP contribution in [0.3, 0.4) is 0 Å². The fourth-order valence-electron chi connectivity index (χ4n) is 2.04. The smallest absolute Gasteiger partial charge is 0.337 e. The summed E-state index contributed by atoms with van der Waals surface area (Å²) in [5, 5.41) is 5.52. The molecular weight excluding hydrogens is 344 g/mol. The minimum absolute atomic E-state index is 0.162. The molecule has 7 heteroatoms. The minimum atomic E-state index is -0.419. The Hall–Kier alpha value is -2.86. The number of halogens is 1. The SMILES string of the molecule is COC(=O)c1ccc(CNC(=O)CNC(=O)c2ccccc2Cl)cc1. The monoisotopic (exact) mass is 360 g/mol. The molecule has 0 saturated heterocycles. The molecule has 0 fully saturated rings. The number of carbonyl (C=O) groups is 3. The van der Waals surface area contributed by atoms with E-state index in [1.165, 1.54) is 7.11 Å². The van der Waals surface area contributed by atoms with Gasteiger partial charge in [0.1, 0.15) is 0 Å². The summed E-state index contributed by atoms with van der Waals surface area (Å²) in [6.07, 6.45) is 0. The Balaban J connectivity index is 1.80. The van der Waals surface area contributed by atoms with Crippen molar-refractivity contribution in [1.29, 1.82) is 0 Å². The molecule has 0 bridgehead atoms. The fourth-order valence-corrected chi connectivity index (χ4v) is 2.26. The van der Waals surface area contributed by atoms with Crippen molar-refractivity contribution in [3.05, 3.63) is 70.2 Å². The molecule has 130 valence electrons. The summed E-state index contributed by atoms with van der Waals surface area (Å²) in [5.41, 5.74) is 1.57. The van der Waals surface area contributed by atoms with Crippen molar-refractivity contribution >= 4 is 29.4 Å². The number of benzene rings is 2. The molecule has 2 rings (SSSR count). The minimum Gasteiger partial charge on any atom is -0.465 e. The van der Waals surface area contributed by atoms with Gasteiger partial charge in [0.25, 0.3) is 5.91 Å². The third-order valence-electron chi connectivity index (χ3n) is 3.39. The second kappa shape index (κ2) is 8.84. The van der Waals surface area contributed by atoms with E-state index in [0.29, 0.717) is 16.1 Å². The van der Waals surface area contributed by atoms with Gasteiger partial charge in [-0.25, -0.2) is 4.79 Å². The molecule has 0 unspecified atom stereocenters. The molecule has 2 amide bonds. The quantitative estimate of drug-likeness (QED) is 0.773. The van der Waals surface area contributed by atoms with Gasteiger partial charge < -0.3 is 15.4 Å². The molecule has 25 heavy (non-hydrogen) atoms. The van der Waals surface area contributed by atoms with Crippen LogP contribution in [0.1, 0.15) is 26.3 Å². The molecule has 0 saturated carbocycles. The average Bonchev–Trinajstić information content (AvgIpc) is 2.64. The van der Waals surface area contributed by atoms with Gasteiger partial charge in [-0.1, -0.05) is 35.9 Å². The molecule has 0 aliphatic heterocycles. The maximum absolute atomic E-state index is 12.0. The lowest BCUT2D eigenvalue weighted by atomic mass is 10.1. The van der Waals surface area contributed by atoms with Crippen LogP contribution in [0.15, 0.2) is 48.5 Å². The zero-order chi connectivity index (χ0) is 18.2. The molecule has 6 nitrogen and oxygen atoms in total. The Labute approximate surface area is 150 Å². The first-order chi connectivity index (χ1) is 12.0. The van der Waals surface area contributed by atoms with Crippen molar-refractivity contribution in [2.75, 3.05) is 13.7 Å². The molecule has 2 aromatic carbocycles. The van der Waals surface area contributed by atoms with Crippen molar-refractivity contribution in [3.8, 4) is 0 Å². The van der Waals surface area contributed by atoms with Crippen molar-refractivity contribution < 1.29 is 19.1 Å². The molecular formula is C18H17ClN2O4. The highest BCUT2D eigenvalue weighted by Gasteiger charge is 2.11. The van der Waals surface area contributed by atoms with Crippen LogP contribution in [0.25, 0.3) is 0 Å². The predicted molar refractivity (Wildman–Crippen MR) is 93.4 cm³/mol. The first-order valence-corrected chi connectivity index (χ1v) is 7.85. The Kier molecular flexibility index (Phi) is 6.54. The van der Waals surface area contributed by atoms with Crippen LogP contribution in [0.4, 0.5) is 0 Å². The highest BCUT2D eigenvalue weighted by Crippen LogP contribution is 2.14. The zero-order valence-corrected chi connectivity index (χ0v) is 14.3. The van der Waals surface area contributed by atoms with Crippen LogP contribution >= 0.6 is 11.6 Å². The Morgan fingerprint density at radius 2 is 1.68 bits per heavy atom. The lowest BCUT2D eigenvalue weighted by Gasteiger charge is -2.08. The molecule has 0 aliphatic rings. The summed E-state index contributed by atoms with van der Waals surface area (Å²) in [4.78, 5) is 35.1. The highest BCUT2D eigenvalue weighted by atomic mass is 35.5. The summed E-state index contributed by atoms with van der Waals surface area (Å²) in [6.45, 7) is 0.118. The van der Waals surface area contributed by atoms with Gasteiger partial charge in [-0.2, -0.15) is 0 Å². The normalized spacial score (nSPS) is 10.0. The van der Waals surface area contributed by atoms with Gasteiger partial charge in [-0.3, -0.25) is 9.59 Å². The first kappa shape index (κ1) is 18.5. The molecule has 0 aromatic heterocycles. The number of hydrogen-bond acceptors (Lipinski definition) is 4. The topological polar surface area (TPSA) is 84.5 Å². The Bertz CT molecular complexity index is 775. The fraction of sp³-hybridized carbons (Fsp3) is 0.167. The molecule has 2 N–H and O–H groups in total. The lowest BCUT2D eigenvalue weighted by Crippen LogP contribution is -2.36. The van der Waals surface area contributed by atoms with E-state index in [0.717, 1.165) is 5.56 Å². The summed E-state index contributed by atoms with van der Waals surface area (Å²) in [7, 11) is 1.31. The lowest BCUT2D eigenvalue weighted by molar-refractivity contribution is -0.120. The molecule has 0 atom stereocenters. The van der Waals surface area contributed by atoms with E-state index in [-0.39, 0.29) is 19.0 Å². The van der Waals surface area contributed by atoms with Crippen molar-refractivity contribution in [2.45, 2.75) is 6.54 Å². The van der Waals surface area contributed by atoms with E-state index >= 15 is 0 Å². The van der Waals surface area contributed by atoms with Crippen molar-refractivity contribution in [2.24, 2.45) is 0 Å². The van der Waals surface area contributed by atoms with Crippen LogP contribution in [0.5, 0.6) is 0 Å². The van der Waals surface area contributed by atoms with Gasteiger partial charge in [0.05, 0.1) is 29.8 Å². The van der Waals surface area contributed by atoms with E-state index in [4.69, 9.17) is 11.6 Å². The number of amides is 2. The number of carbonyl (C=O) groups excluding carboxylic acids is 3. The van der Waals surface area contributed by atoms with E-state index in [2.05, 4.69) is 15.4 Å². The largest absolute Gasteiger partial charge is 0.465 e. The van der Waals surface area contributed by atoms with Gasteiger partial charge in [0, 0.05) is 6.54 Å². The molecule has 0 heterocycles. The van der Waals surface area contributed by atoms with Crippen LogP contribution < -0.4 is 10.6 Å². The summed E-state index contributed by atoms with van der Waals surface area (Å²) in [6, 6.07) is 13.3. The van der Waals surface area contributed by atoms with E-state index < -0.39 is 11.9 Å². The molecule has 2 aromatic rings. The number of methoxy groups -OCH3 is 1. The maximum Gasteiger partial charge on any atom is 0.337 e. The maximum atomic E-state index is 12.0. The number of rotatable bonds is 6. The second-order valence-corrected chi connectivity index (χ2v) is 5.53. The number of ether oxygens (including phenoxy) is 1. The van der Waals surface area contributed by atoms with E-state index in [1.807, 2.05) is 0 Å². The van der Waals surface area contributed by atoms with Gasteiger partial charge in [-0.05, 0) is 29.8 Å². The summed E-state index contributed by atoms with van der Waals surface area (Å²) >= 11 is 5.93. The third-order valence-corrected chi connectivity index (χ3v) is 3.72. The van der Waals surface area contributed by atoms with Crippen LogP contribution in [-0.2, 0) is 16.1 Å². The average molecular weight is 361 g/mol. The molecule has 0 aliphatic carbocycles. The van der Waals surface area contributed by atoms with Crippen molar-refractivity contribution in [1.82, 2.24) is 10.6 Å².